The first-order valence-electron chi connectivity index (χ1n) is 5.80. The van der Waals surface area contributed by atoms with Crippen LogP contribution in [0.4, 0.5) is 11.5 Å². The van der Waals surface area contributed by atoms with Gasteiger partial charge >= 0.3 is 0 Å². The van der Waals surface area contributed by atoms with Gasteiger partial charge in [-0.15, -0.1) is 0 Å². The maximum atomic E-state index is 11.8. The lowest BCUT2D eigenvalue weighted by atomic mass is 10.0. The molecule has 0 spiro atoms. The number of aliphatic hydroxyl groups is 3. The van der Waals surface area contributed by atoms with E-state index in [1.807, 2.05) is 0 Å². The Morgan fingerprint density at radius 1 is 1.45 bits per heavy atom. The van der Waals surface area contributed by atoms with Gasteiger partial charge in [-0.05, 0) is 6.26 Å². The fourth-order valence-corrected chi connectivity index (χ4v) is 2.17. The quantitative estimate of drug-likeness (QED) is 0.273. The summed E-state index contributed by atoms with van der Waals surface area (Å²) in [6.45, 7) is -0.177. The second kappa shape index (κ2) is 5.97. The summed E-state index contributed by atoms with van der Waals surface area (Å²) < 4.78 is 5.13. The lowest BCUT2D eigenvalue weighted by molar-refractivity contribution is -0.178. The number of rotatable bonds is 3. The highest BCUT2D eigenvalue weighted by molar-refractivity contribution is 7.98. The molecule has 1 aliphatic heterocycles. The Hall–Kier alpha value is -1.33. The number of nitrogens with one attached hydrogen (secondary N) is 2. The second-order valence-electron chi connectivity index (χ2n) is 4.28. The zero-order valence-electron chi connectivity index (χ0n) is 10.6. The summed E-state index contributed by atoms with van der Waals surface area (Å²) in [6.07, 6.45) is -3.30. The van der Waals surface area contributed by atoms with Crippen LogP contribution in [-0.4, -0.2) is 62.7 Å². The fraction of sp³-hybridized carbons (Fsp3) is 0.600. The van der Waals surface area contributed by atoms with Crippen molar-refractivity contribution >= 4 is 23.3 Å². The zero-order chi connectivity index (χ0) is 14.9. The van der Waals surface area contributed by atoms with E-state index in [0.29, 0.717) is 5.16 Å². The molecule has 0 saturated carbocycles. The van der Waals surface area contributed by atoms with Crippen molar-refractivity contribution < 1.29 is 20.1 Å². The summed E-state index contributed by atoms with van der Waals surface area (Å²) in [6, 6.07) is 0. The summed E-state index contributed by atoms with van der Waals surface area (Å²) in [5, 5.41) is 31.6. The molecule has 0 aliphatic carbocycles. The topological polar surface area (TPSA) is 154 Å². The number of hydrogen-bond donors (Lipinski definition) is 6. The van der Waals surface area contributed by atoms with Gasteiger partial charge in [0, 0.05) is 0 Å². The molecular formula is C10H16N4O5S. The van der Waals surface area contributed by atoms with Gasteiger partial charge in [-0.25, -0.2) is 4.98 Å². The van der Waals surface area contributed by atoms with Gasteiger partial charge in [-0.3, -0.25) is 9.78 Å². The zero-order valence-corrected chi connectivity index (χ0v) is 11.4. The average molecular weight is 304 g/mol. The minimum absolute atomic E-state index is 0.0467. The van der Waals surface area contributed by atoms with E-state index in [0.717, 1.165) is 0 Å². The number of hydrogen-bond acceptors (Lipinski definition) is 9. The lowest BCUT2D eigenvalue weighted by Gasteiger charge is -2.35. The third kappa shape index (κ3) is 2.88. The van der Waals surface area contributed by atoms with Crippen LogP contribution in [-0.2, 0) is 4.74 Å². The molecule has 2 heterocycles. The van der Waals surface area contributed by atoms with Crippen molar-refractivity contribution in [2.75, 3.05) is 23.9 Å². The minimum atomic E-state index is -1.40. The Labute approximate surface area is 118 Å². The lowest BCUT2D eigenvalue weighted by Crippen LogP contribution is -2.55. The van der Waals surface area contributed by atoms with E-state index in [1.165, 1.54) is 11.8 Å². The van der Waals surface area contributed by atoms with Crippen LogP contribution in [0.25, 0.3) is 0 Å². The smallest absolute Gasteiger partial charge is 0.277 e. The molecule has 1 aromatic heterocycles. The summed E-state index contributed by atoms with van der Waals surface area (Å²) in [4.78, 5) is 18.3. The van der Waals surface area contributed by atoms with Gasteiger partial charge in [-0.2, -0.15) is 0 Å². The number of nitrogens with zero attached hydrogens (tertiary/aromatic N) is 1. The van der Waals surface area contributed by atoms with Gasteiger partial charge in [0.25, 0.3) is 5.56 Å². The molecule has 0 amide bonds. The van der Waals surface area contributed by atoms with Crippen molar-refractivity contribution in [1.29, 1.82) is 0 Å². The number of H-pyrrole nitrogens is 1. The molecule has 0 aromatic carbocycles. The van der Waals surface area contributed by atoms with E-state index in [4.69, 9.17) is 10.5 Å². The highest BCUT2D eigenvalue weighted by Crippen LogP contribution is 2.20. The normalized spacial score (nSPS) is 30.2. The molecule has 1 aromatic rings. The van der Waals surface area contributed by atoms with Gasteiger partial charge in [-0.1, -0.05) is 11.8 Å². The predicted molar refractivity (Wildman–Crippen MR) is 72.4 cm³/mol. The largest absolute Gasteiger partial charge is 0.388 e. The number of aromatic nitrogens is 2. The molecular weight excluding hydrogens is 288 g/mol. The molecule has 9 nitrogen and oxygen atoms in total. The van der Waals surface area contributed by atoms with Crippen LogP contribution in [0.2, 0.25) is 0 Å². The Morgan fingerprint density at radius 3 is 2.75 bits per heavy atom. The van der Waals surface area contributed by atoms with Crippen LogP contribution >= 0.6 is 11.8 Å². The Kier molecular flexibility index (Phi) is 4.50. The van der Waals surface area contributed by atoms with E-state index < -0.39 is 30.1 Å². The molecule has 112 valence electrons. The molecule has 2 rings (SSSR count). The molecule has 1 saturated heterocycles. The predicted octanol–water partition coefficient (Wildman–Crippen LogP) is -2.08. The molecule has 4 atom stereocenters. The number of aromatic amines is 1. The second-order valence-corrected chi connectivity index (χ2v) is 5.08. The molecule has 1 fully saturated rings. The Balaban J connectivity index is 2.20. The number of nitrogens with two attached hydrogens (primary N) is 1. The molecule has 0 radical (unpaired) electrons. The highest BCUT2D eigenvalue weighted by Gasteiger charge is 2.38. The van der Waals surface area contributed by atoms with Gasteiger partial charge < -0.3 is 31.1 Å². The maximum Gasteiger partial charge on any atom is 0.277 e. The van der Waals surface area contributed by atoms with Crippen molar-refractivity contribution in [2.45, 2.75) is 29.7 Å². The van der Waals surface area contributed by atoms with E-state index >= 15 is 0 Å². The Morgan fingerprint density at radius 2 is 2.15 bits per heavy atom. The van der Waals surface area contributed by atoms with Crippen LogP contribution in [0.5, 0.6) is 0 Å². The average Bonchev–Trinajstić information content (AvgIpc) is 2.42. The number of anilines is 2. The van der Waals surface area contributed by atoms with E-state index in [9.17, 15) is 20.1 Å². The summed E-state index contributed by atoms with van der Waals surface area (Å²) >= 11 is 1.22. The number of aliphatic hydroxyl groups excluding tert-OH is 3. The molecule has 1 unspecified atom stereocenters. The highest BCUT2D eigenvalue weighted by atomic mass is 32.2. The van der Waals surface area contributed by atoms with Crippen molar-refractivity contribution in [1.82, 2.24) is 9.97 Å². The van der Waals surface area contributed by atoms with E-state index in [2.05, 4.69) is 15.3 Å². The SMILES string of the molecule is CSc1nc(N)c(NC2OC[C@H](O)[C@@H](O)[C@@H]2O)c(=O)[nH]1. The number of nitrogen functional groups attached to an aromatic ring is 1. The molecule has 7 N–H and O–H groups in total. The van der Waals surface area contributed by atoms with Crippen LogP contribution in [0.3, 0.4) is 0 Å². The first-order chi connectivity index (χ1) is 9.43. The Bertz CT molecular complexity index is 539. The van der Waals surface area contributed by atoms with Crippen LogP contribution < -0.4 is 16.6 Å². The molecule has 1 aliphatic rings. The maximum absolute atomic E-state index is 11.8. The summed E-state index contributed by atoms with van der Waals surface area (Å²) in [5.41, 5.74) is 5.09. The third-order valence-corrected chi connectivity index (χ3v) is 3.49. The van der Waals surface area contributed by atoms with Crippen LogP contribution in [0, 0.1) is 0 Å². The monoisotopic (exact) mass is 304 g/mol. The molecule has 10 heteroatoms. The van der Waals surface area contributed by atoms with Crippen LogP contribution in [0.1, 0.15) is 0 Å². The molecule has 20 heavy (non-hydrogen) atoms. The van der Waals surface area contributed by atoms with E-state index in [-0.39, 0.29) is 18.1 Å². The van der Waals surface area contributed by atoms with Crippen molar-refractivity contribution in [2.24, 2.45) is 0 Å². The number of thioether (sulfide) groups is 1. The van der Waals surface area contributed by atoms with Gasteiger partial charge in [0.05, 0.1) is 6.61 Å². The van der Waals surface area contributed by atoms with E-state index in [1.54, 1.807) is 6.26 Å². The van der Waals surface area contributed by atoms with Gasteiger partial charge in [0.2, 0.25) is 0 Å². The number of ether oxygens (including phenoxy) is 1. The standard InChI is InChI=1S/C10H16N4O5S/c1-20-10-13-7(11)4(8(18)14-10)12-9-6(17)5(16)3(15)2-19-9/h3,5-6,9,12,15-17H,2H2,1H3,(H3,11,13,14,18)/t3-,5+,6-,9?/m0/s1. The summed E-state index contributed by atoms with van der Waals surface area (Å²) in [5.74, 6) is -0.0467. The first-order valence-corrected chi connectivity index (χ1v) is 7.02. The van der Waals surface area contributed by atoms with Crippen molar-refractivity contribution in [3.63, 3.8) is 0 Å². The third-order valence-electron chi connectivity index (χ3n) is 2.91. The van der Waals surface area contributed by atoms with Gasteiger partial charge in [0.1, 0.15) is 24.0 Å². The summed E-state index contributed by atoms with van der Waals surface area (Å²) in [7, 11) is 0. The molecule has 0 bridgehead atoms. The fourth-order valence-electron chi connectivity index (χ4n) is 1.78. The van der Waals surface area contributed by atoms with Crippen molar-refractivity contribution in [3.8, 4) is 0 Å². The first kappa shape index (κ1) is 15.1. The van der Waals surface area contributed by atoms with Crippen LogP contribution in [0.15, 0.2) is 9.95 Å². The van der Waals surface area contributed by atoms with Crippen molar-refractivity contribution in [3.05, 3.63) is 10.4 Å². The van der Waals surface area contributed by atoms with Gasteiger partial charge in [0.15, 0.2) is 17.2 Å². The minimum Gasteiger partial charge on any atom is -0.388 e.